The predicted molar refractivity (Wildman–Crippen MR) is 96.4 cm³/mol. The van der Waals surface area contributed by atoms with Crippen molar-refractivity contribution in [1.82, 2.24) is 0 Å². The number of fused-ring (bicyclic) bond motifs is 1. The summed E-state index contributed by atoms with van der Waals surface area (Å²) in [5, 5.41) is 20.3. The fraction of sp³-hybridized carbons (Fsp3) is 0.550. The van der Waals surface area contributed by atoms with Gasteiger partial charge in [0.25, 0.3) is 0 Å². The molecule has 0 unspecified atom stereocenters. The minimum absolute atomic E-state index is 0.0559. The summed E-state index contributed by atoms with van der Waals surface area (Å²) in [5.74, 6) is -2.47. The first-order valence-corrected chi connectivity index (χ1v) is 9.08. The average Bonchev–Trinajstić information content (AvgIpc) is 2.94. The van der Waals surface area contributed by atoms with Crippen molar-refractivity contribution in [2.45, 2.75) is 51.4 Å². The molecule has 2 rings (SSSR count). The topological polar surface area (TPSA) is 110 Å². The van der Waals surface area contributed by atoms with E-state index in [0.29, 0.717) is 31.1 Å². The Bertz CT molecular complexity index is 676. The number of rotatable bonds is 5. The number of hydrogen-bond donors (Lipinski definition) is 2. The molecule has 5 atom stereocenters. The van der Waals surface area contributed by atoms with Crippen LogP contribution in [0.4, 0.5) is 0 Å². The predicted octanol–water partition coefficient (Wildman–Crippen LogP) is 1.24. The molecule has 0 aromatic rings. The van der Waals surface area contributed by atoms with Crippen molar-refractivity contribution in [1.29, 1.82) is 0 Å². The fourth-order valence-corrected chi connectivity index (χ4v) is 3.18. The van der Waals surface area contributed by atoms with Crippen LogP contribution in [0.15, 0.2) is 35.5 Å². The van der Waals surface area contributed by atoms with Gasteiger partial charge >= 0.3 is 11.9 Å². The van der Waals surface area contributed by atoms with Gasteiger partial charge in [0.15, 0.2) is 0 Å². The Morgan fingerprint density at radius 3 is 2.81 bits per heavy atom. The summed E-state index contributed by atoms with van der Waals surface area (Å²) in [6.07, 6.45) is 1.57. The van der Waals surface area contributed by atoms with Crippen LogP contribution >= 0.6 is 0 Å². The summed E-state index contributed by atoms with van der Waals surface area (Å²) in [6, 6.07) is 0. The highest BCUT2D eigenvalue weighted by Gasteiger charge is 2.48. The molecule has 2 N–H and O–H groups in total. The van der Waals surface area contributed by atoms with E-state index in [1.807, 2.05) is 6.92 Å². The molecule has 7 nitrogen and oxygen atoms in total. The van der Waals surface area contributed by atoms with E-state index in [-0.39, 0.29) is 17.8 Å². The van der Waals surface area contributed by atoms with Crippen LogP contribution in [0.25, 0.3) is 0 Å². The Morgan fingerprint density at radius 2 is 2.22 bits per heavy atom. The Balaban J connectivity index is 2.50. The van der Waals surface area contributed by atoms with Crippen molar-refractivity contribution in [2.24, 2.45) is 11.8 Å². The Morgan fingerprint density at radius 1 is 1.52 bits per heavy atom. The Hall–Kier alpha value is -2.25. The molecular weight excluding hydrogens is 352 g/mol. The summed E-state index contributed by atoms with van der Waals surface area (Å²) in [7, 11) is 0. The molecule has 1 aliphatic carbocycles. The average molecular weight is 378 g/mol. The van der Waals surface area contributed by atoms with E-state index in [4.69, 9.17) is 9.47 Å². The molecule has 0 bridgehead atoms. The molecule has 1 fully saturated rings. The maximum atomic E-state index is 12.4. The zero-order chi connectivity index (χ0) is 20.1. The number of allylic oxidation sites excluding steroid dienone is 1. The van der Waals surface area contributed by atoms with Gasteiger partial charge in [-0.05, 0) is 30.9 Å². The van der Waals surface area contributed by atoms with E-state index in [1.165, 1.54) is 0 Å². The number of carbonyl (C=O) groups excluding carboxylic acids is 3. The first kappa shape index (κ1) is 21.1. The number of aliphatic hydroxyl groups is 2. The lowest BCUT2D eigenvalue weighted by Gasteiger charge is -2.31. The first-order chi connectivity index (χ1) is 12.8. The molecule has 148 valence electrons. The van der Waals surface area contributed by atoms with Crippen molar-refractivity contribution < 1.29 is 34.1 Å². The van der Waals surface area contributed by atoms with Gasteiger partial charge < -0.3 is 19.7 Å². The molecule has 2 aliphatic rings. The summed E-state index contributed by atoms with van der Waals surface area (Å²) >= 11 is 0. The van der Waals surface area contributed by atoms with E-state index in [1.54, 1.807) is 19.1 Å². The van der Waals surface area contributed by atoms with Crippen molar-refractivity contribution in [2.75, 3.05) is 6.61 Å². The second-order valence-electron chi connectivity index (χ2n) is 6.92. The Labute approximate surface area is 158 Å². The van der Waals surface area contributed by atoms with Crippen molar-refractivity contribution in [3.63, 3.8) is 0 Å². The zero-order valence-corrected chi connectivity index (χ0v) is 15.6. The highest BCUT2D eigenvalue weighted by molar-refractivity contribution is 5.91. The SMILES string of the molecule is C=C1C(=O)O[C@@H]2/C=C(/CO)CC/C=C(/C=O)[C@H](O)[C@@H](OC(=O)[C@@H](C)CC)[C@@H]12. The van der Waals surface area contributed by atoms with Gasteiger partial charge in [0.1, 0.15) is 24.6 Å². The molecule has 7 heteroatoms. The third kappa shape index (κ3) is 4.54. The monoisotopic (exact) mass is 378 g/mol. The molecule has 0 amide bonds. The molecule has 0 radical (unpaired) electrons. The molecule has 0 saturated carbocycles. The van der Waals surface area contributed by atoms with Crippen molar-refractivity contribution in [3.8, 4) is 0 Å². The highest BCUT2D eigenvalue weighted by Crippen LogP contribution is 2.36. The van der Waals surface area contributed by atoms with Gasteiger partial charge in [-0.1, -0.05) is 26.5 Å². The molecule has 1 heterocycles. The minimum Gasteiger partial charge on any atom is -0.458 e. The lowest BCUT2D eigenvalue weighted by Crippen LogP contribution is -2.43. The van der Waals surface area contributed by atoms with E-state index in [9.17, 15) is 24.6 Å². The number of esters is 2. The number of ether oxygens (including phenoxy) is 2. The first-order valence-electron chi connectivity index (χ1n) is 9.08. The number of aldehydes is 1. The number of carbonyl (C=O) groups is 3. The smallest absolute Gasteiger partial charge is 0.334 e. The summed E-state index contributed by atoms with van der Waals surface area (Å²) in [5.41, 5.74) is 0.736. The van der Waals surface area contributed by atoms with Gasteiger partial charge in [-0.3, -0.25) is 9.59 Å². The normalized spacial score (nSPS) is 33.6. The van der Waals surface area contributed by atoms with Crippen LogP contribution in [-0.2, 0) is 23.9 Å². The van der Waals surface area contributed by atoms with Crippen LogP contribution in [0.5, 0.6) is 0 Å². The molecule has 1 aliphatic heterocycles. The van der Waals surface area contributed by atoms with Gasteiger partial charge in [0.2, 0.25) is 0 Å². The summed E-state index contributed by atoms with van der Waals surface area (Å²) < 4.78 is 10.9. The summed E-state index contributed by atoms with van der Waals surface area (Å²) in [6.45, 7) is 7.01. The lowest BCUT2D eigenvalue weighted by atomic mass is 9.83. The van der Waals surface area contributed by atoms with Crippen LogP contribution in [-0.4, -0.2) is 53.4 Å². The van der Waals surface area contributed by atoms with E-state index < -0.39 is 42.1 Å². The number of aliphatic hydroxyl groups excluding tert-OH is 2. The highest BCUT2D eigenvalue weighted by atomic mass is 16.6. The van der Waals surface area contributed by atoms with Crippen molar-refractivity contribution >= 4 is 18.2 Å². The zero-order valence-electron chi connectivity index (χ0n) is 15.6. The van der Waals surface area contributed by atoms with E-state index in [2.05, 4.69) is 6.58 Å². The molecule has 0 aromatic heterocycles. The fourth-order valence-electron chi connectivity index (χ4n) is 3.18. The molecule has 0 spiro atoms. The van der Waals surface area contributed by atoms with Crippen LogP contribution in [0.3, 0.4) is 0 Å². The van der Waals surface area contributed by atoms with Gasteiger partial charge in [-0.15, -0.1) is 0 Å². The maximum absolute atomic E-state index is 12.4. The molecule has 27 heavy (non-hydrogen) atoms. The van der Waals surface area contributed by atoms with Crippen LogP contribution in [0.1, 0.15) is 33.1 Å². The molecular formula is C20H26O7. The van der Waals surface area contributed by atoms with Gasteiger partial charge in [0, 0.05) is 11.1 Å². The van der Waals surface area contributed by atoms with E-state index >= 15 is 0 Å². The largest absolute Gasteiger partial charge is 0.458 e. The molecule has 0 aromatic carbocycles. The van der Waals surface area contributed by atoms with Crippen LogP contribution in [0.2, 0.25) is 0 Å². The lowest BCUT2D eigenvalue weighted by molar-refractivity contribution is -0.162. The quantitative estimate of drug-likeness (QED) is 0.320. The van der Waals surface area contributed by atoms with Crippen LogP contribution in [0, 0.1) is 11.8 Å². The van der Waals surface area contributed by atoms with Gasteiger partial charge in [-0.2, -0.15) is 0 Å². The molecule has 1 saturated heterocycles. The number of hydrogen-bond acceptors (Lipinski definition) is 7. The minimum atomic E-state index is -1.42. The van der Waals surface area contributed by atoms with E-state index in [0.717, 1.165) is 0 Å². The second-order valence-corrected chi connectivity index (χ2v) is 6.92. The second kappa shape index (κ2) is 9.10. The van der Waals surface area contributed by atoms with Crippen LogP contribution < -0.4 is 0 Å². The standard InChI is InChI=1S/C20H26O7/c1-4-11(2)19(24)27-18-16-12(3)20(25)26-15(16)8-13(9-21)6-5-7-14(10-22)17(18)23/h7-8,10-11,15-18,21,23H,3-6,9H2,1-2H3/b13-8+,14-7-/t11-,15+,16-,17-,18-/m0/s1. The van der Waals surface area contributed by atoms with Crippen molar-refractivity contribution in [3.05, 3.63) is 35.5 Å². The summed E-state index contributed by atoms with van der Waals surface area (Å²) in [4.78, 5) is 36.0. The van der Waals surface area contributed by atoms with Gasteiger partial charge in [-0.25, -0.2) is 4.79 Å². The third-order valence-corrected chi connectivity index (χ3v) is 5.12. The third-order valence-electron chi connectivity index (χ3n) is 5.12. The Kier molecular flexibility index (Phi) is 7.10. The van der Waals surface area contributed by atoms with Gasteiger partial charge in [0.05, 0.1) is 18.4 Å². The maximum Gasteiger partial charge on any atom is 0.334 e.